The number of nitrogens with two attached hydrogens (primary N) is 1. The van der Waals surface area contributed by atoms with Crippen LogP contribution in [0.25, 0.3) is 0 Å². The van der Waals surface area contributed by atoms with Gasteiger partial charge in [0.05, 0.1) is 10.9 Å². The van der Waals surface area contributed by atoms with Gasteiger partial charge >= 0.3 is 0 Å². The molecule has 0 saturated carbocycles. The van der Waals surface area contributed by atoms with E-state index in [1.165, 1.54) is 16.7 Å². The van der Waals surface area contributed by atoms with E-state index in [0.717, 1.165) is 11.1 Å². The molecule has 1 heterocycles. The minimum absolute atomic E-state index is 0.155. The van der Waals surface area contributed by atoms with E-state index in [1.807, 2.05) is 61.5 Å². The lowest BCUT2D eigenvalue weighted by Crippen LogP contribution is -2.31. The third kappa shape index (κ3) is 3.35. The summed E-state index contributed by atoms with van der Waals surface area (Å²) >= 11 is 1.22. The monoisotopic (exact) mass is 363 g/mol. The summed E-state index contributed by atoms with van der Waals surface area (Å²) in [5, 5.41) is 9.28. The van der Waals surface area contributed by atoms with Crippen molar-refractivity contribution in [3.05, 3.63) is 76.3 Å². The fraction of sp³-hybridized carbons (Fsp3) is 0.150. The summed E-state index contributed by atoms with van der Waals surface area (Å²) in [6.07, 6.45) is 0.508. The smallest absolute Gasteiger partial charge is 0.262 e. The van der Waals surface area contributed by atoms with Crippen molar-refractivity contribution >= 4 is 29.3 Å². The summed E-state index contributed by atoms with van der Waals surface area (Å²) in [7, 11) is 0. The van der Waals surface area contributed by atoms with E-state index < -0.39 is 11.2 Å². The number of primary amides is 1. The highest BCUT2D eigenvalue weighted by molar-refractivity contribution is 8.05. The first-order valence-corrected chi connectivity index (χ1v) is 8.95. The molecule has 1 atom stereocenters. The molecule has 2 amide bonds. The van der Waals surface area contributed by atoms with Gasteiger partial charge in [0.1, 0.15) is 16.7 Å². The second kappa shape index (κ2) is 7.46. The first-order chi connectivity index (χ1) is 12.5. The van der Waals surface area contributed by atoms with E-state index in [-0.39, 0.29) is 11.5 Å². The summed E-state index contributed by atoms with van der Waals surface area (Å²) in [5.41, 5.74) is 7.73. The summed E-state index contributed by atoms with van der Waals surface area (Å²) in [6, 6.07) is 18.9. The maximum absolute atomic E-state index is 13.1. The second-order valence-corrected chi connectivity index (χ2v) is 7.10. The molecule has 1 aliphatic heterocycles. The highest BCUT2D eigenvalue weighted by Crippen LogP contribution is 2.42. The lowest BCUT2D eigenvalue weighted by Gasteiger charge is -2.20. The van der Waals surface area contributed by atoms with E-state index in [9.17, 15) is 14.9 Å². The number of nitriles is 1. The van der Waals surface area contributed by atoms with Gasteiger partial charge in [-0.3, -0.25) is 14.5 Å². The Balaban J connectivity index is 2.07. The number of para-hydroxylation sites is 1. The Morgan fingerprint density at radius 1 is 1.19 bits per heavy atom. The molecule has 2 N–H and O–H groups in total. The zero-order valence-electron chi connectivity index (χ0n) is 14.2. The molecule has 2 aromatic carbocycles. The van der Waals surface area contributed by atoms with Crippen LogP contribution in [0, 0.1) is 18.3 Å². The van der Waals surface area contributed by atoms with Crippen LogP contribution in [0.4, 0.5) is 5.69 Å². The number of thioether (sulfide) groups is 1. The summed E-state index contributed by atoms with van der Waals surface area (Å²) in [6.45, 7) is 1.88. The van der Waals surface area contributed by atoms with Crippen LogP contribution in [-0.2, 0) is 16.0 Å². The molecule has 5 nitrogen and oxygen atoms in total. The van der Waals surface area contributed by atoms with Crippen LogP contribution < -0.4 is 10.6 Å². The molecule has 0 spiro atoms. The second-order valence-electron chi connectivity index (χ2n) is 5.91. The number of aryl methyl sites for hydroxylation is 1. The van der Waals surface area contributed by atoms with Crippen molar-refractivity contribution in [1.82, 2.24) is 0 Å². The number of carbonyl (C=O) groups excluding carboxylic acids is 2. The van der Waals surface area contributed by atoms with Crippen molar-refractivity contribution in [2.24, 2.45) is 5.73 Å². The fourth-order valence-corrected chi connectivity index (χ4v) is 4.17. The van der Waals surface area contributed by atoms with Gasteiger partial charge in [0.15, 0.2) is 0 Å². The fourth-order valence-electron chi connectivity index (χ4n) is 2.86. The number of hydrogen-bond acceptors (Lipinski definition) is 4. The summed E-state index contributed by atoms with van der Waals surface area (Å²) in [4.78, 5) is 26.3. The number of amides is 2. The van der Waals surface area contributed by atoms with Gasteiger partial charge in [-0.05, 0) is 30.5 Å². The molecule has 1 saturated heterocycles. The van der Waals surface area contributed by atoms with Crippen molar-refractivity contribution in [3.63, 3.8) is 0 Å². The van der Waals surface area contributed by atoms with Crippen LogP contribution in [0.3, 0.4) is 0 Å². The van der Waals surface area contributed by atoms with Crippen molar-refractivity contribution in [1.29, 1.82) is 5.26 Å². The quantitative estimate of drug-likeness (QED) is 0.668. The molecule has 1 aliphatic rings. The molecular formula is C20H17N3O2S. The topological polar surface area (TPSA) is 87.2 Å². The number of carbonyl (C=O) groups is 2. The van der Waals surface area contributed by atoms with Gasteiger partial charge in [0, 0.05) is 0 Å². The Hall–Kier alpha value is -3.04. The van der Waals surface area contributed by atoms with Crippen LogP contribution in [0.1, 0.15) is 11.1 Å². The largest absolute Gasteiger partial charge is 0.365 e. The Kier molecular flexibility index (Phi) is 5.10. The number of nitrogens with zero attached hydrogens (tertiary/aromatic N) is 2. The normalized spacial score (nSPS) is 18.5. The maximum atomic E-state index is 13.1. The maximum Gasteiger partial charge on any atom is 0.262 e. The SMILES string of the molecule is Cc1ccccc1N1C(=O)C(Cc2ccccc2)SC1=C(C#N)C(N)=O. The van der Waals surface area contributed by atoms with Crippen LogP contribution in [-0.4, -0.2) is 17.1 Å². The number of benzene rings is 2. The van der Waals surface area contributed by atoms with Gasteiger partial charge in [0.25, 0.3) is 5.91 Å². The molecule has 0 aromatic heterocycles. The first kappa shape index (κ1) is 17.8. The average molecular weight is 363 g/mol. The highest BCUT2D eigenvalue weighted by atomic mass is 32.2. The van der Waals surface area contributed by atoms with Gasteiger partial charge < -0.3 is 5.73 Å². The molecule has 130 valence electrons. The minimum Gasteiger partial charge on any atom is -0.365 e. The van der Waals surface area contributed by atoms with E-state index >= 15 is 0 Å². The van der Waals surface area contributed by atoms with Gasteiger partial charge in [-0.15, -0.1) is 0 Å². The average Bonchev–Trinajstić information content (AvgIpc) is 2.93. The molecule has 0 bridgehead atoms. The number of rotatable bonds is 4. The van der Waals surface area contributed by atoms with Gasteiger partial charge in [-0.2, -0.15) is 5.26 Å². The van der Waals surface area contributed by atoms with Crippen molar-refractivity contribution in [2.75, 3.05) is 4.90 Å². The van der Waals surface area contributed by atoms with E-state index in [1.54, 1.807) is 6.07 Å². The summed E-state index contributed by atoms with van der Waals surface area (Å²) in [5.74, 6) is -0.987. The predicted octanol–water partition coefficient (Wildman–Crippen LogP) is 2.91. The van der Waals surface area contributed by atoms with E-state index in [4.69, 9.17) is 5.73 Å². The van der Waals surface area contributed by atoms with Crippen LogP contribution in [0.5, 0.6) is 0 Å². The van der Waals surface area contributed by atoms with Crippen LogP contribution >= 0.6 is 11.8 Å². The van der Waals surface area contributed by atoms with E-state index in [2.05, 4.69) is 0 Å². The van der Waals surface area contributed by atoms with Gasteiger partial charge in [-0.25, -0.2) is 0 Å². The molecule has 26 heavy (non-hydrogen) atoms. The Morgan fingerprint density at radius 3 is 2.46 bits per heavy atom. The number of anilines is 1. The number of hydrogen-bond donors (Lipinski definition) is 1. The summed E-state index contributed by atoms with van der Waals surface area (Å²) < 4.78 is 0. The standard InChI is InChI=1S/C20H17N3O2S/c1-13-7-5-6-10-16(13)23-19(25)17(11-14-8-3-2-4-9-14)26-20(23)15(12-21)18(22)24/h2-10,17H,11H2,1H3,(H2,22,24). The molecule has 6 heteroatoms. The molecular weight excluding hydrogens is 346 g/mol. The minimum atomic E-state index is -0.832. The molecule has 3 rings (SSSR count). The zero-order chi connectivity index (χ0) is 18.7. The Morgan fingerprint density at radius 2 is 1.85 bits per heavy atom. The van der Waals surface area contributed by atoms with Crippen molar-refractivity contribution in [3.8, 4) is 6.07 Å². The van der Waals surface area contributed by atoms with Gasteiger partial charge in [0.2, 0.25) is 5.91 Å². The van der Waals surface area contributed by atoms with Crippen molar-refractivity contribution < 1.29 is 9.59 Å². The van der Waals surface area contributed by atoms with E-state index in [0.29, 0.717) is 17.1 Å². The highest BCUT2D eigenvalue weighted by Gasteiger charge is 2.40. The predicted molar refractivity (Wildman–Crippen MR) is 102 cm³/mol. The third-order valence-corrected chi connectivity index (χ3v) is 5.41. The molecule has 0 aliphatic carbocycles. The Labute approximate surface area is 156 Å². The lowest BCUT2D eigenvalue weighted by atomic mass is 10.1. The first-order valence-electron chi connectivity index (χ1n) is 8.07. The Bertz CT molecular complexity index is 932. The third-order valence-electron chi connectivity index (χ3n) is 4.15. The molecule has 1 fully saturated rings. The van der Waals surface area contributed by atoms with Gasteiger partial charge in [-0.1, -0.05) is 60.3 Å². The molecule has 2 aromatic rings. The molecule has 1 unspecified atom stereocenters. The molecule has 0 radical (unpaired) electrons. The van der Waals surface area contributed by atoms with Crippen LogP contribution in [0.2, 0.25) is 0 Å². The van der Waals surface area contributed by atoms with Crippen LogP contribution in [0.15, 0.2) is 65.2 Å². The lowest BCUT2D eigenvalue weighted by molar-refractivity contribution is -0.117. The zero-order valence-corrected chi connectivity index (χ0v) is 15.0. The van der Waals surface area contributed by atoms with Crippen molar-refractivity contribution in [2.45, 2.75) is 18.6 Å².